The second-order valence-corrected chi connectivity index (χ2v) is 5.39. The van der Waals surface area contributed by atoms with Crippen molar-refractivity contribution in [3.05, 3.63) is 24.0 Å². The topological polar surface area (TPSA) is 59.6 Å². The molecule has 1 saturated heterocycles. The van der Waals surface area contributed by atoms with E-state index in [4.69, 9.17) is 9.47 Å². The maximum Gasteiger partial charge on any atom is 0.243 e. The average Bonchev–Trinajstić information content (AvgIpc) is 2.45. The van der Waals surface area contributed by atoms with Gasteiger partial charge in [0.1, 0.15) is 6.04 Å². The van der Waals surface area contributed by atoms with E-state index in [9.17, 15) is 9.18 Å². The minimum atomic E-state index is -0.451. The summed E-state index contributed by atoms with van der Waals surface area (Å²) in [5.74, 6) is -0.425. The number of nitrogens with one attached hydrogen (secondary N) is 2. The second-order valence-electron chi connectivity index (χ2n) is 5.39. The van der Waals surface area contributed by atoms with Gasteiger partial charge in [-0.25, -0.2) is 4.39 Å². The highest BCUT2D eigenvalue weighted by atomic mass is 19.1. The number of amides is 1. The Bertz CT molecular complexity index is 514. The predicted octanol–water partition coefficient (Wildman–Crippen LogP) is 1.68. The number of anilines is 1. The predicted molar refractivity (Wildman–Crippen MR) is 75.9 cm³/mol. The van der Waals surface area contributed by atoms with Crippen LogP contribution in [0.2, 0.25) is 0 Å². The number of carbonyl (C=O) groups excluding carboxylic acids is 1. The molecule has 0 aromatic heterocycles. The first kappa shape index (κ1) is 14.3. The van der Waals surface area contributed by atoms with Gasteiger partial charge in [0.15, 0.2) is 11.6 Å². The van der Waals surface area contributed by atoms with Gasteiger partial charge < -0.3 is 20.1 Å². The van der Waals surface area contributed by atoms with E-state index in [0.717, 1.165) is 19.3 Å². The minimum Gasteiger partial charge on any atom is -0.487 e. The van der Waals surface area contributed by atoms with Crippen molar-refractivity contribution < 1.29 is 18.7 Å². The molecule has 2 N–H and O–H groups in total. The van der Waals surface area contributed by atoms with Crippen LogP contribution < -0.4 is 15.4 Å². The number of hydrogen-bond donors (Lipinski definition) is 2. The summed E-state index contributed by atoms with van der Waals surface area (Å²) in [6, 6.07) is 4.11. The van der Waals surface area contributed by atoms with Crippen LogP contribution in [0, 0.1) is 5.82 Å². The maximum absolute atomic E-state index is 13.9. The van der Waals surface area contributed by atoms with Crippen molar-refractivity contribution in [1.29, 1.82) is 0 Å². The Morgan fingerprint density at radius 1 is 1.43 bits per heavy atom. The molecule has 1 unspecified atom stereocenters. The zero-order valence-electron chi connectivity index (χ0n) is 11.7. The summed E-state index contributed by atoms with van der Waals surface area (Å²) in [4.78, 5) is 12.0. The molecule has 1 aliphatic heterocycles. The molecule has 5 nitrogen and oxygen atoms in total. The molecule has 1 aliphatic carbocycles. The van der Waals surface area contributed by atoms with Gasteiger partial charge in [-0.15, -0.1) is 0 Å². The van der Waals surface area contributed by atoms with Crippen molar-refractivity contribution in [2.24, 2.45) is 0 Å². The zero-order chi connectivity index (χ0) is 14.7. The SMILES string of the molecule is O=C(Nc1ccc(OC2CCC2)c(F)c1)C1COCCN1. The Kier molecular flexibility index (Phi) is 4.36. The van der Waals surface area contributed by atoms with Gasteiger partial charge in [-0.3, -0.25) is 4.79 Å². The molecule has 6 heteroatoms. The van der Waals surface area contributed by atoms with Gasteiger partial charge >= 0.3 is 0 Å². The molecule has 114 valence electrons. The van der Waals surface area contributed by atoms with Crippen LogP contribution in [-0.4, -0.2) is 37.8 Å². The van der Waals surface area contributed by atoms with Crippen LogP contribution in [0.15, 0.2) is 18.2 Å². The van der Waals surface area contributed by atoms with Crippen molar-refractivity contribution in [2.45, 2.75) is 31.4 Å². The van der Waals surface area contributed by atoms with E-state index in [0.29, 0.717) is 25.4 Å². The molecule has 1 atom stereocenters. The smallest absolute Gasteiger partial charge is 0.243 e. The van der Waals surface area contributed by atoms with Crippen molar-refractivity contribution >= 4 is 11.6 Å². The molecule has 1 saturated carbocycles. The normalized spacial score (nSPS) is 22.4. The molecule has 3 rings (SSSR count). The lowest BCUT2D eigenvalue weighted by Gasteiger charge is -2.26. The quantitative estimate of drug-likeness (QED) is 0.887. The average molecular weight is 294 g/mol. The largest absolute Gasteiger partial charge is 0.487 e. The lowest BCUT2D eigenvalue weighted by Crippen LogP contribution is -2.48. The first-order valence-electron chi connectivity index (χ1n) is 7.30. The molecule has 1 aromatic carbocycles. The van der Waals surface area contributed by atoms with Gasteiger partial charge in [-0.05, 0) is 31.4 Å². The number of carbonyl (C=O) groups is 1. The van der Waals surface area contributed by atoms with E-state index in [1.54, 1.807) is 12.1 Å². The third kappa shape index (κ3) is 3.51. The van der Waals surface area contributed by atoms with Crippen LogP contribution in [0.5, 0.6) is 5.75 Å². The van der Waals surface area contributed by atoms with Gasteiger partial charge in [0.05, 0.1) is 19.3 Å². The zero-order valence-corrected chi connectivity index (χ0v) is 11.7. The van der Waals surface area contributed by atoms with Crippen molar-refractivity contribution in [1.82, 2.24) is 5.32 Å². The molecule has 0 bridgehead atoms. The molecule has 0 spiro atoms. The standard InChI is InChI=1S/C15H19FN2O3/c16-12-8-10(4-5-14(12)21-11-2-1-3-11)18-15(19)13-9-20-7-6-17-13/h4-5,8,11,13,17H,1-3,6-7,9H2,(H,18,19). The van der Waals surface area contributed by atoms with Gasteiger partial charge in [-0.1, -0.05) is 0 Å². The van der Waals surface area contributed by atoms with Crippen LogP contribution in [0.25, 0.3) is 0 Å². The fourth-order valence-corrected chi connectivity index (χ4v) is 2.31. The highest BCUT2D eigenvalue weighted by Gasteiger charge is 2.23. The van der Waals surface area contributed by atoms with Crippen LogP contribution in [0.3, 0.4) is 0 Å². The van der Waals surface area contributed by atoms with E-state index < -0.39 is 11.9 Å². The van der Waals surface area contributed by atoms with Gasteiger partial charge in [0.2, 0.25) is 5.91 Å². The summed E-state index contributed by atoms with van der Waals surface area (Å²) in [6.45, 7) is 1.57. The summed E-state index contributed by atoms with van der Waals surface area (Å²) in [5, 5.41) is 5.73. The number of benzene rings is 1. The number of rotatable bonds is 4. The third-order valence-electron chi connectivity index (χ3n) is 3.78. The minimum absolute atomic E-state index is 0.128. The molecule has 2 fully saturated rings. The second kappa shape index (κ2) is 6.41. The van der Waals surface area contributed by atoms with Crippen LogP contribution in [0.4, 0.5) is 10.1 Å². The highest BCUT2D eigenvalue weighted by molar-refractivity contribution is 5.95. The first-order valence-corrected chi connectivity index (χ1v) is 7.30. The molecule has 21 heavy (non-hydrogen) atoms. The molecule has 1 heterocycles. The fraction of sp³-hybridized carbons (Fsp3) is 0.533. The third-order valence-corrected chi connectivity index (χ3v) is 3.78. The molecule has 1 amide bonds. The summed E-state index contributed by atoms with van der Waals surface area (Å²) in [5.41, 5.74) is 0.422. The summed E-state index contributed by atoms with van der Waals surface area (Å²) in [7, 11) is 0. The number of ether oxygens (including phenoxy) is 2. The molecule has 1 aromatic rings. The monoisotopic (exact) mass is 294 g/mol. The summed E-state index contributed by atoms with van der Waals surface area (Å²) < 4.78 is 24.7. The van der Waals surface area contributed by atoms with Crippen LogP contribution in [-0.2, 0) is 9.53 Å². The molecular formula is C15H19FN2O3. The molecule has 2 aliphatic rings. The lowest BCUT2D eigenvalue weighted by atomic mass is 9.96. The van der Waals surface area contributed by atoms with Crippen LogP contribution in [0.1, 0.15) is 19.3 Å². The van der Waals surface area contributed by atoms with Gasteiger partial charge in [-0.2, -0.15) is 0 Å². The molecular weight excluding hydrogens is 275 g/mol. The highest BCUT2D eigenvalue weighted by Crippen LogP contribution is 2.28. The Morgan fingerprint density at radius 3 is 2.90 bits per heavy atom. The van der Waals surface area contributed by atoms with E-state index in [1.165, 1.54) is 6.07 Å². The van der Waals surface area contributed by atoms with Gasteiger partial charge in [0.25, 0.3) is 0 Å². The van der Waals surface area contributed by atoms with Crippen molar-refractivity contribution in [2.75, 3.05) is 25.1 Å². The Hall–Kier alpha value is -1.66. The number of hydrogen-bond acceptors (Lipinski definition) is 4. The molecule has 0 radical (unpaired) electrons. The van der Waals surface area contributed by atoms with E-state index in [1.807, 2.05) is 0 Å². The summed E-state index contributed by atoms with van der Waals surface area (Å²) >= 11 is 0. The fourth-order valence-electron chi connectivity index (χ4n) is 2.31. The van der Waals surface area contributed by atoms with Crippen molar-refractivity contribution in [3.8, 4) is 5.75 Å². The van der Waals surface area contributed by atoms with E-state index in [2.05, 4.69) is 10.6 Å². The Balaban J connectivity index is 1.59. The van der Waals surface area contributed by atoms with E-state index in [-0.39, 0.29) is 17.8 Å². The Labute approximate surface area is 122 Å². The Morgan fingerprint density at radius 2 is 2.29 bits per heavy atom. The van der Waals surface area contributed by atoms with Gasteiger partial charge in [0, 0.05) is 18.3 Å². The summed E-state index contributed by atoms with van der Waals surface area (Å²) in [6.07, 6.45) is 3.22. The van der Waals surface area contributed by atoms with E-state index >= 15 is 0 Å². The lowest BCUT2D eigenvalue weighted by molar-refractivity contribution is -0.120. The maximum atomic E-state index is 13.9. The number of halogens is 1. The number of morpholine rings is 1. The first-order chi connectivity index (χ1) is 10.2. The van der Waals surface area contributed by atoms with Crippen molar-refractivity contribution in [3.63, 3.8) is 0 Å². The van der Waals surface area contributed by atoms with Crippen LogP contribution >= 0.6 is 0 Å².